The first-order chi connectivity index (χ1) is 5.79. The lowest BCUT2D eigenvalue weighted by Crippen LogP contribution is -1.96. The molecule has 0 aromatic carbocycles. The van der Waals surface area contributed by atoms with Crippen molar-refractivity contribution in [2.75, 3.05) is 5.75 Å². The Morgan fingerprint density at radius 1 is 1.75 bits per heavy atom. The van der Waals surface area contributed by atoms with Gasteiger partial charge in [0.25, 0.3) is 0 Å². The highest BCUT2D eigenvalue weighted by molar-refractivity contribution is 7.98. The Morgan fingerprint density at radius 3 is 3.17 bits per heavy atom. The minimum Gasteiger partial charge on any atom is -0.481 e. The van der Waals surface area contributed by atoms with Gasteiger partial charge < -0.3 is 9.63 Å². The molecule has 66 valence electrons. The number of aliphatic carboxylic acids is 1. The number of aromatic nitrogens is 2. The first-order valence-corrected chi connectivity index (χ1v) is 4.49. The minimum atomic E-state index is -0.784. The number of hydrogen-bond donors (Lipinski definition) is 1. The largest absolute Gasteiger partial charge is 0.481 e. The molecule has 0 aliphatic carbocycles. The van der Waals surface area contributed by atoms with Crippen molar-refractivity contribution in [1.29, 1.82) is 0 Å². The Hall–Kier alpha value is -1.04. The average Bonchev–Trinajstić information content (AvgIpc) is 2.49. The van der Waals surface area contributed by atoms with E-state index in [1.807, 2.05) is 0 Å². The number of thioether (sulfide) groups is 1. The van der Waals surface area contributed by atoms with Gasteiger partial charge in [0.05, 0.1) is 12.2 Å². The van der Waals surface area contributed by atoms with Gasteiger partial charge in [-0.15, -0.1) is 0 Å². The second-order valence-electron chi connectivity index (χ2n) is 2.03. The lowest BCUT2D eigenvalue weighted by molar-refractivity contribution is -0.136. The van der Waals surface area contributed by atoms with Crippen LogP contribution in [-0.4, -0.2) is 27.0 Å². The highest BCUT2D eigenvalue weighted by atomic mass is 32.2. The molecule has 0 atom stereocenters. The topological polar surface area (TPSA) is 76.2 Å². The van der Waals surface area contributed by atoms with Gasteiger partial charge in [-0.05, 0) is 0 Å². The maximum atomic E-state index is 10.1. The predicted octanol–water partition coefficient (Wildman–Crippen LogP) is 0.777. The standard InChI is InChI=1S/C6H8N2O3S/c9-6(10)1-2-12-3-5-7-4-8-11-5/h4H,1-3H2,(H,9,10). The van der Waals surface area contributed by atoms with E-state index in [2.05, 4.69) is 10.1 Å². The van der Waals surface area contributed by atoms with Gasteiger partial charge in [0.1, 0.15) is 0 Å². The van der Waals surface area contributed by atoms with Crippen molar-refractivity contribution in [3.8, 4) is 0 Å². The van der Waals surface area contributed by atoms with Crippen molar-refractivity contribution < 1.29 is 14.4 Å². The van der Waals surface area contributed by atoms with Gasteiger partial charge in [0.15, 0.2) is 6.33 Å². The number of nitrogens with zero attached hydrogens (tertiary/aromatic N) is 2. The van der Waals surface area contributed by atoms with Gasteiger partial charge in [-0.25, -0.2) is 0 Å². The molecule has 0 saturated carbocycles. The first-order valence-electron chi connectivity index (χ1n) is 3.34. The third-order valence-corrected chi connectivity index (χ3v) is 2.04. The Bertz CT molecular complexity index is 237. The number of hydrogen-bond acceptors (Lipinski definition) is 5. The summed E-state index contributed by atoms with van der Waals surface area (Å²) in [4.78, 5) is 13.9. The number of carboxylic acid groups (broad SMARTS) is 1. The van der Waals surface area contributed by atoms with Crippen molar-refractivity contribution >= 4 is 17.7 Å². The number of carboxylic acids is 1. The van der Waals surface area contributed by atoms with Gasteiger partial charge in [-0.3, -0.25) is 4.79 Å². The zero-order valence-electron chi connectivity index (χ0n) is 6.27. The molecule has 1 N–H and O–H groups in total. The molecule has 0 fully saturated rings. The van der Waals surface area contributed by atoms with Crippen LogP contribution in [-0.2, 0) is 10.5 Å². The van der Waals surface area contributed by atoms with Gasteiger partial charge in [0.2, 0.25) is 5.89 Å². The molecule has 0 radical (unpaired) electrons. The normalized spacial score (nSPS) is 10.0. The highest BCUT2D eigenvalue weighted by Crippen LogP contribution is 2.09. The Balaban J connectivity index is 2.07. The van der Waals surface area contributed by atoms with Crippen LogP contribution in [0.4, 0.5) is 0 Å². The summed E-state index contributed by atoms with van der Waals surface area (Å²) in [6.45, 7) is 0. The van der Waals surface area contributed by atoms with Crippen LogP contribution in [0.15, 0.2) is 10.9 Å². The van der Waals surface area contributed by atoms with Crippen LogP contribution in [0.25, 0.3) is 0 Å². The van der Waals surface area contributed by atoms with E-state index in [0.29, 0.717) is 17.4 Å². The van der Waals surface area contributed by atoms with E-state index in [-0.39, 0.29) is 6.42 Å². The van der Waals surface area contributed by atoms with E-state index in [9.17, 15) is 4.79 Å². The van der Waals surface area contributed by atoms with E-state index in [0.717, 1.165) is 0 Å². The second-order valence-corrected chi connectivity index (χ2v) is 3.14. The molecular weight excluding hydrogens is 180 g/mol. The molecular formula is C6H8N2O3S. The SMILES string of the molecule is O=C(O)CCSCc1ncno1. The van der Waals surface area contributed by atoms with Crippen LogP contribution < -0.4 is 0 Å². The third-order valence-electron chi connectivity index (χ3n) is 1.09. The predicted molar refractivity (Wildman–Crippen MR) is 42.7 cm³/mol. The maximum absolute atomic E-state index is 10.1. The summed E-state index contributed by atoms with van der Waals surface area (Å²) in [7, 11) is 0. The number of rotatable bonds is 5. The fourth-order valence-corrected chi connectivity index (χ4v) is 1.34. The molecule has 0 aliphatic heterocycles. The van der Waals surface area contributed by atoms with Crippen LogP contribution in [0.5, 0.6) is 0 Å². The van der Waals surface area contributed by atoms with Crippen molar-refractivity contribution in [1.82, 2.24) is 10.1 Å². The molecule has 5 nitrogen and oxygen atoms in total. The zero-order chi connectivity index (χ0) is 8.81. The molecule has 0 unspecified atom stereocenters. The van der Waals surface area contributed by atoms with Gasteiger partial charge in [0, 0.05) is 5.75 Å². The fourth-order valence-electron chi connectivity index (χ4n) is 0.579. The summed E-state index contributed by atoms with van der Waals surface area (Å²) >= 11 is 1.46. The van der Waals surface area contributed by atoms with Crippen LogP contribution in [0.2, 0.25) is 0 Å². The fraction of sp³-hybridized carbons (Fsp3) is 0.500. The van der Waals surface area contributed by atoms with E-state index in [4.69, 9.17) is 9.63 Å². The molecule has 1 aromatic rings. The van der Waals surface area contributed by atoms with Crippen LogP contribution in [0.3, 0.4) is 0 Å². The summed E-state index contributed by atoms with van der Waals surface area (Å²) in [6.07, 6.45) is 1.49. The molecule has 0 bridgehead atoms. The van der Waals surface area contributed by atoms with E-state index >= 15 is 0 Å². The lowest BCUT2D eigenvalue weighted by atomic mass is 10.5. The molecule has 0 amide bonds. The minimum absolute atomic E-state index is 0.165. The summed E-state index contributed by atoms with van der Waals surface area (Å²) in [5, 5.41) is 11.7. The summed E-state index contributed by atoms with van der Waals surface area (Å²) in [6, 6.07) is 0. The quantitative estimate of drug-likeness (QED) is 0.688. The number of carbonyl (C=O) groups is 1. The van der Waals surface area contributed by atoms with Gasteiger partial charge in [-0.1, -0.05) is 5.16 Å². The molecule has 0 spiro atoms. The third kappa shape index (κ3) is 3.38. The van der Waals surface area contributed by atoms with Gasteiger partial charge >= 0.3 is 5.97 Å². The molecule has 1 aromatic heterocycles. The highest BCUT2D eigenvalue weighted by Gasteiger charge is 2.00. The Morgan fingerprint density at radius 2 is 2.58 bits per heavy atom. The molecule has 0 saturated heterocycles. The molecule has 12 heavy (non-hydrogen) atoms. The summed E-state index contributed by atoms with van der Waals surface area (Å²) in [5.41, 5.74) is 0. The lowest BCUT2D eigenvalue weighted by Gasteiger charge is -1.93. The first kappa shape index (κ1) is 9.05. The Labute approximate surface area is 73.2 Å². The second kappa shape index (κ2) is 4.76. The molecule has 0 aliphatic rings. The summed E-state index contributed by atoms with van der Waals surface area (Å²) < 4.78 is 4.71. The Kier molecular flexibility index (Phi) is 3.59. The van der Waals surface area contributed by atoms with Crippen molar-refractivity contribution in [2.24, 2.45) is 0 Å². The van der Waals surface area contributed by atoms with Crippen LogP contribution >= 0.6 is 11.8 Å². The van der Waals surface area contributed by atoms with Crippen LogP contribution in [0, 0.1) is 0 Å². The molecule has 6 heteroatoms. The van der Waals surface area contributed by atoms with Crippen molar-refractivity contribution in [3.05, 3.63) is 12.2 Å². The van der Waals surface area contributed by atoms with E-state index in [1.165, 1.54) is 18.1 Å². The van der Waals surface area contributed by atoms with Crippen molar-refractivity contribution in [3.63, 3.8) is 0 Å². The van der Waals surface area contributed by atoms with Crippen molar-refractivity contribution in [2.45, 2.75) is 12.2 Å². The van der Waals surface area contributed by atoms with E-state index in [1.54, 1.807) is 0 Å². The maximum Gasteiger partial charge on any atom is 0.304 e. The van der Waals surface area contributed by atoms with E-state index < -0.39 is 5.97 Å². The zero-order valence-corrected chi connectivity index (χ0v) is 7.08. The van der Waals surface area contributed by atoms with Crippen LogP contribution in [0.1, 0.15) is 12.3 Å². The smallest absolute Gasteiger partial charge is 0.304 e. The summed E-state index contributed by atoms with van der Waals surface area (Å²) in [5.74, 6) is 0.892. The molecule has 1 rings (SSSR count). The average molecular weight is 188 g/mol. The molecule has 1 heterocycles. The van der Waals surface area contributed by atoms with Gasteiger partial charge in [-0.2, -0.15) is 16.7 Å². The monoisotopic (exact) mass is 188 g/mol.